The number of hydrogen-bond acceptors (Lipinski definition) is 6. The van der Waals surface area contributed by atoms with Gasteiger partial charge in [-0.05, 0) is 67.6 Å². The highest BCUT2D eigenvalue weighted by molar-refractivity contribution is 7.16. The second-order valence-electron chi connectivity index (χ2n) is 10.1. The number of amides is 1. The number of fused-ring (bicyclic) bond motifs is 1. The van der Waals surface area contributed by atoms with Gasteiger partial charge in [0, 0.05) is 29.6 Å². The fraction of sp³-hybridized carbons (Fsp3) is 0.520. The van der Waals surface area contributed by atoms with Crippen molar-refractivity contribution < 1.29 is 9.72 Å². The summed E-state index contributed by atoms with van der Waals surface area (Å²) in [4.78, 5) is 27.6. The van der Waals surface area contributed by atoms with E-state index in [2.05, 4.69) is 32.2 Å². The van der Waals surface area contributed by atoms with E-state index < -0.39 is 10.8 Å². The van der Waals surface area contributed by atoms with Gasteiger partial charge in [0.05, 0.1) is 10.5 Å². The number of nitriles is 1. The smallest absolute Gasteiger partial charge is 0.293 e. The van der Waals surface area contributed by atoms with Gasteiger partial charge in [0.2, 0.25) is 0 Å². The first-order chi connectivity index (χ1) is 15.7. The first kappa shape index (κ1) is 23.2. The summed E-state index contributed by atoms with van der Waals surface area (Å²) in [5, 5.41) is 24.9. The van der Waals surface area contributed by atoms with Gasteiger partial charge < -0.3 is 10.2 Å². The van der Waals surface area contributed by atoms with Crippen LogP contribution in [-0.2, 0) is 12.8 Å². The molecule has 7 nitrogen and oxygen atoms in total. The van der Waals surface area contributed by atoms with Crippen molar-refractivity contribution >= 4 is 33.6 Å². The zero-order valence-electron chi connectivity index (χ0n) is 19.4. The molecule has 0 bridgehead atoms. The Morgan fingerprint density at radius 3 is 2.64 bits per heavy atom. The summed E-state index contributed by atoms with van der Waals surface area (Å²) in [7, 11) is 0. The maximum atomic E-state index is 13.0. The number of nitrogens with one attached hydrogen (secondary N) is 1. The summed E-state index contributed by atoms with van der Waals surface area (Å²) in [5.41, 5.74) is 2.51. The highest BCUT2D eigenvalue weighted by Gasteiger charge is 2.32. The molecule has 33 heavy (non-hydrogen) atoms. The van der Waals surface area contributed by atoms with E-state index in [0.717, 1.165) is 57.2 Å². The summed E-state index contributed by atoms with van der Waals surface area (Å²) >= 11 is 1.47. The van der Waals surface area contributed by atoms with Crippen LogP contribution in [0.15, 0.2) is 18.2 Å². The lowest BCUT2D eigenvalue weighted by atomic mass is 9.72. The number of nitro groups is 1. The molecule has 1 aliphatic carbocycles. The molecule has 0 spiro atoms. The highest BCUT2D eigenvalue weighted by Crippen LogP contribution is 2.44. The van der Waals surface area contributed by atoms with E-state index in [0.29, 0.717) is 22.2 Å². The molecule has 1 atom stereocenters. The Morgan fingerprint density at radius 1 is 1.27 bits per heavy atom. The van der Waals surface area contributed by atoms with E-state index in [9.17, 15) is 20.2 Å². The number of rotatable bonds is 4. The molecule has 174 valence electrons. The average Bonchev–Trinajstić information content (AvgIpc) is 3.14. The molecule has 0 saturated carbocycles. The van der Waals surface area contributed by atoms with Crippen molar-refractivity contribution in [2.24, 2.45) is 11.3 Å². The Bertz CT molecular complexity index is 1120. The van der Waals surface area contributed by atoms with Crippen LogP contribution >= 0.6 is 11.3 Å². The quantitative estimate of drug-likeness (QED) is 0.445. The number of anilines is 2. The predicted octanol–water partition coefficient (Wildman–Crippen LogP) is 5.92. The number of thiophene rings is 1. The number of hydrogen-bond donors (Lipinski definition) is 1. The van der Waals surface area contributed by atoms with Crippen molar-refractivity contribution in [2.75, 3.05) is 23.3 Å². The zero-order chi connectivity index (χ0) is 23.8. The number of carbonyl (C=O) groups excluding carboxylic acids is 1. The largest absolute Gasteiger partial charge is 0.366 e. The fourth-order valence-electron chi connectivity index (χ4n) is 4.92. The molecular weight excluding hydrogens is 436 g/mol. The summed E-state index contributed by atoms with van der Waals surface area (Å²) in [6.07, 6.45) is 5.92. The SMILES string of the molecule is CC(C)(C)C1CCc2c(sc(NC(=O)c3ccc(N4CCCCC4)c([N+](=O)[O-])c3)c2C#N)C1. The normalized spacial score (nSPS) is 18.4. The van der Waals surface area contributed by atoms with Gasteiger partial charge >= 0.3 is 0 Å². The molecule has 1 unspecified atom stereocenters. The van der Waals surface area contributed by atoms with Gasteiger partial charge in [-0.2, -0.15) is 5.26 Å². The Hall–Kier alpha value is -2.92. The van der Waals surface area contributed by atoms with Crippen molar-refractivity contribution in [3.63, 3.8) is 0 Å². The monoisotopic (exact) mass is 466 g/mol. The molecule has 1 aromatic heterocycles. The minimum Gasteiger partial charge on any atom is -0.366 e. The van der Waals surface area contributed by atoms with Crippen molar-refractivity contribution in [3.8, 4) is 6.07 Å². The molecule has 1 fully saturated rings. The Labute approximate surface area is 198 Å². The molecule has 1 aliphatic heterocycles. The van der Waals surface area contributed by atoms with Crippen molar-refractivity contribution in [1.82, 2.24) is 0 Å². The van der Waals surface area contributed by atoms with Gasteiger partial charge in [0.25, 0.3) is 11.6 Å². The van der Waals surface area contributed by atoms with Crippen LogP contribution in [0.3, 0.4) is 0 Å². The molecule has 0 radical (unpaired) electrons. The van der Waals surface area contributed by atoms with E-state index >= 15 is 0 Å². The van der Waals surface area contributed by atoms with Crippen molar-refractivity contribution in [3.05, 3.63) is 49.9 Å². The predicted molar refractivity (Wildman–Crippen MR) is 131 cm³/mol. The zero-order valence-corrected chi connectivity index (χ0v) is 20.3. The van der Waals surface area contributed by atoms with Crippen LogP contribution in [-0.4, -0.2) is 23.9 Å². The molecule has 1 aromatic carbocycles. The van der Waals surface area contributed by atoms with Crippen LogP contribution in [0.25, 0.3) is 0 Å². The lowest BCUT2D eigenvalue weighted by Gasteiger charge is -2.33. The van der Waals surface area contributed by atoms with E-state index in [1.807, 2.05) is 4.90 Å². The second kappa shape index (κ2) is 9.14. The summed E-state index contributed by atoms with van der Waals surface area (Å²) < 4.78 is 0. The standard InChI is InChI=1S/C25H30N4O3S/c1-25(2,3)17-8-9-18-19(15-26)24(33-22(18)14-17)27-23(30)16-7-10-20(21(13-16)29(31)32)28-11-5-4-6-12-28/h7,10,13,17H,4-6,8-9,11-12,14H2,1-3H3,(H,27,30). The number of nitro benzene ring substituents is 1. The van der Waals surface area contributed by atoms with Crippen LogP contribution in [0, 0.1) is 32.8 Å². The van der Waals surface area contributed by atoms with Crippen LogP contribution < -0.4 is 10.2 Å². The molecule has 4 rings (SSSR count). The third-order valence-corrected chi connectivity index (χ3v) is 8.13. The Balaban J connectivity index is 1.59. The molecule has 2 heterocycles. The second-order valence-corrected chi connectivity index (χ2v) is 11.2. The highest BCUT2D eigenvalue weighted by atomic mass is 32.1. The Morgan fingerprint density at radius 2 is 2.00 bits per heavy atom. The number of nitrogens with zero attached hydrogens (tertiary/aromatic N) is 3. The summed E-state index contributed by atoms with van der Waals surface area (Å²) in [6.45, 7) is 8.29. The minimum atomic E-state index is -0.425. The van der Waals surface area contributed by atoms with Crippen LogP contribution in [0.4, 0.5) is 16.4 Å². The lowest BCUT2D eigenvalue weighted by molar-refractivity contribution is -0.384. The average molecular weight is 467 g/mol. The summed E-state index contributed by atoms with van der Waals surface area (Å²) in [5.74, 6) is 0.106. The van der Waals surface area contributed by atoms with Gasteiger partial charge in [-0.15, -0.1) is 11.3 Å². The third kappa shape index (κ3) is 4.74. The van der Waals surface area contributed by atoms with E-state index in [1.54, 1.807) is 12.1 Å². The maximum Gasteiger partial charge on any atom is 0.293 e. The van der Waals surface area contributed by atoms with Crippen molar-refractivity contribution in [1.29, 1.82) is 5.26 Å². The molecule has 8 heteroatoms. The fourth-order valence-corrected chi connectivity index (χ4v) is 6.19. The van der Waals surface area contributed by atoms with E-state index in [-0.39, 0.29) is 16.7 Å². The Kier molecular flexibility index (Phi) is 6.44. The minimum absolute atomic E-state index is 0.0523. The number of piperidine rings is 1. The molecule has 1 saturated heterocycles. The number of carbonyl (C=O) groups is 1. The van der Waals surface area contributed by atoms with Crippen molar-refractivity contribution in [2.45, 2.75) is 59.3 Å². The molecule has 2 aliphatic rings. The first-order valence-corrected chi connectivity index (χ1v) is 12.4. The van der Waals surface area contributed by atoms with E-state index in [1.165, 1.54) is 22.3 Å². The maximum absolute atomic E-state index is 13.0. The van der Waals surface area contributed by atoms with Gasteiger partial charge in [-0.25, -0.2) is 0 Å². The third-order valence-electron chi connectivity index (χ3n) is 6.96. The number of benzene rings is 1. The topological polar surface area (TPSA) is 99.3 Å². The van der Waals surface area contributed by atoms with Crippen LogP contribution in [0.2, 0.25) is 0 Å². The van der Waals surface area contributed by atoms with Gasteiger partial charge in [-0.3, -0.25) is 14.9 Å². The van der Waals surface area contributed by atoms with E-state index in [4.69, 9.17) is 0 Å². The van der Waals surface area contributed by atoms with Gasteiger partial charge in [0.15, 0.2) is 0 Å². The first-order valence-electron chi connectivity index (χ1n) is 11.6. The molecular formula is C25H30N4O3S. The molecule has 1 amide bonds. The molecule has 1 N–H and O–H groups in total. The molecule has 2 aromatic rings. The summed E-state index contributed by atoms with van der Waals surface area (Å²) in [6, 6.07) is 6.95. The van der Waals surface area contributed by atoms with Crippen LogP contribution in [0.1, 0.15) is 72.8 Å². The van der Waals surface area contributed by atoms with Crippen LogP contribution in [0.5, 0.6) is 0 Å². The van der Waals surface area contributed by atoms with Gasteiger partial charge in [-0.1, -0.05) is 20.8 Å². The van der Waals surface area contributed by atoms with Gasteiger partial charge in [0.1, 0.15) is 16.8 Å². The lowest BCUT2D eigenvalue weighted by Crippen LogP contribution is -2.30.